The summed E-state index contributed by atoms with van der Waals surface area (Å²) >= 11 is 1.67. The summed E-state index contributed by atoms with van der Waals surface area (Å²) in [6.07, 6.45) is 4.03. The predicted octanol–water partition coefficient (Wildman–Crippen LogP) is 4.49. The first-order chi connectivity index (χ1) is 9.75. The molecule has 0 atom stereocenters. The van der Waals surface area contributed by atoms with E-state index >= 15 is 0 Å². The zero-order chi connectivity index (χ0) is 14.2. The molecule has 0 fully saturated rings. The summed E-state index contributed by atoms with van der Waals surface area (Å²) in [6, 6.07) is 14.9. The van der Waals surface area contributed by atoms with Gasteiger partial charge >= 0.3 is 5.97 Å². The Morgan fingerprint density at radius 2 is 1.95 bits per heavy atom. The van der Waals surface area contributed by atoms with Gasteiger partial charge in [0.25, 0.3) is 0 Å². The van der Waals surface area contributed by atoms with Gasteiger partial charge in [0.05, 0.1) is 0 Å². The number of hydrogen-bond donors (Lipinski definition) is 1. The summed E-state index contributed by atoms with van der Waals surface area (Å²) in [5.41, 5.74) is 1.30. The molecule has 0 unspecified atom stereocenters. The van der Waals surface area contributed by atoms with Crippen LogP contribution in [0.1, 0.15) is 18.4 Å². The molecule has 3 heteroatoms. The van der Waals surface area contributed by atoms with E-state index in [2.05, 4.69) is 53.9 Å². The van der Waals surface area contributed by atoms with Gasteiger partial charge in [-0.3, -0.25) is 4.79 Å². The highest BCUT2D eigenvalue weighted by Crippen LogP contribution is 2.16. The van der Waals surface area contributed by atoms with Crippen molar-refractivity contribution >= 4 is 28.5 Å². The molecule has 0 heterocycles. The normalized spacial score (nSPS) is 11.2. The lowest BCUT2D eigenvalue weighted by Crippen LogP contribution is -1.94. The van der Waals surface area contributed by atoms with Crippen LogP contribution in [0.2, 0.25) is 0 Å². The second kappa shape index (κ2) is 7.75. The lowest BCUT2D eigenvalue weighted by molar-refractivity contribution is -0.137. The molecule has 0 aliphatic carbocycles. The molecule has 0 saturated carbocycles. The number of rotatable bonds is 7. The van der Waals surface area contributed by atoms with Crippen LogP contribution in [0.3, 0.4) is 0 Å². The Balaban J connectivity index is 1.79. The molecular formula is C17H18O2S. The van der Waals surface area contributed by atoms with Gasteiger partial charge in [0.2, 0.25) is 0 Å². The van der Waals surface area contributed by atoms with Crippen molar-refractivity contribution in [2.45, 2.75) is 19.3 Å². The maximum absolute atomic E-state index is 10.4. The summed E-state index contributed by atoms with van der Waals surface area (Å²) in [6.45, 7) is 0. The van der Waals surface area contributed by atoms with Crippen LogP contribution in [-0.2, 0) is 11.2 Å². The third-order valence-electron chi connectivity index (χ3n) is 3.01. The standard InChI is InChI=1S/C17H18O2S/c18-17(19)8-4-12-20-11-3-5-14-9-10-15-6-1-2-7-16(15)13-14/h1-3,6-7,9-11,13H,4-5,8,12H2,(H,18,19)/b11-3+. The third-order valence-corrected chi connectivity index (χ3v) is 3.92. The van der Waals surface area contributed by atoms with Gasteiger partial charge in [-0.1, -0.05) is 48.5 Å². The van der Waals surface area contributed by atoms with Gasteiger partial charge in [-0.25, -0.2) is 0 Å². The van der Waals surface area contributed by atoms with Crippen molar-refractivity contribution in [3.05, 3.63) is 59.5 Å². The van der Waals surface area contributed by atoms with Crippen LogP contribution >= 0.6 is 11.8 Å². The molecule has 0 aliphatic heterocycles. The van der Waals surface area contributed by atoms with Crippen molar-refractivity contribution in [3.63, 3.8) is 0 Å². The Morgan fingerprint density at radius 1 is 1.15 bits per heavy atom. The largest absolute Gasteiger partial charge is 0.481 e. The first-order valence-corrected chi connectivity index (χ1v) is 7.76. The average Bonchev–Trinajstić information content (AvgIpc) is 2.46. The monoisotopic (exact) mass is 286 g/mol. The van der Waals surface area contributed by atoms with Crippen molar-refractivity contribution in [2.24, 2.45) is 0 Å². The van der Waals surface area contributed by atoms with E-state index in [-0.39, 0.29) is 6.42 Å². The number of carboxylic acid groups (broad SMARTS) is 1. The smallest absolute Gasteiger partial charge is 0.303 e. The van der Waals surface area contributed by atoms with E-state index in [1.54, 1.807) is 11.8 Å². The molecule has 0 aromatic heterocycles. The van der Waals surface area contributed by atoms with Crippen molar-refractivity contribution in [1.82, 2.24) is 0 Å². The Hall–Kier alpha value is -1.74. The van der Waals surface area contributed by atoms with Crippen molar-refractivity contribution in [3.8, 4) is 0 Å². The van der Waals surface area contributed by atoms with E-state index in [4.69, 9.17) is 5.11 Å². The van der Waals surface area contributed by atoms with Crippen LogP contribution in [0, 0.1) is 0 Å². The van der Waals surface area contributed by atoms with Crippen LogP contribution in [0.5, 0.6) is 0 Å². The molecule has 1 N–H and O–H groups in total. The van der Waals surface area contributed by atoms with Crippen molar-refractivity contribution in [1.29, 1.82) is 0 Å². The molecular weight excluding hydrogens is 268 g/mol. The number of benzene rings is 2. The van der Waals surface area contributed by atoms with Crippen LogP contribution in [0.25, 0.3) is 10.8 Å². The van der Waals surface area contributed by atoms with E-state index in [0.717, 1.165) is 18.6 Å². The Morgan fingerprint density at radius 3 is 2.75 bits per heavy atom. The fraction of sp³-hybridized carbons (Fsp3) is 0.235. The highest BCUT2D eigenvalue weighted by molar-refractivity contribution is 8.02. The minimum absolute atomic E-state index is 0.255. The summed E-state index contributed by atoms with van der Waals surface area (Å²) in [5, 5.41) is 13.1. The predicted molar refractivity (Wildman–Crippen MR) is 86.1 cm³/mol. The summed E-state index contributed by atoms with van der Waals surface area (Å²) < 4.78 is 0. The molecule has 0 bridgehead atoms. The van der Waals surface area contributed by atoms with E-state index < -0.39 is 5.97 Å². The number of allylic oxidation sites excluding steroid dienone is 1. The van der Waals surface area contributed by atoms with E-state index in [9.17, 15) is 4.79 Å². The molecule has 2 aromatic rings. The van der Waals surface area contributed by atoms with Crippen LogP contribution in [-0.4, -0.2) is 16.8 Å². The van der Waals surface area contributed by atoms with Crippen LogP contribution < -0.4 is 0 Å². The number of carbonyl (C=O) groups is 1. The molecule has 0 saturated heterocycles. The van der Waals surface area contributed by atoms with Gasteiger partial charge < -0.3 is 5.11 Å². The zero-order valence-corrected chi connectivity index (χ0v) is 12.1. The first-order valence-electron chi connectivity index (χ1n) is 6.72. The highest BCUT2D eigenvalue weighted by atomic mass is 32.2. The summed E-state index contributed by atoms with van der Waals surface area (Å²) in [7, 11) is 0. The maximum Gasteiger partial charge on any atom is 0.303 e. The molecule has 2 aromatic carbocycles. The Bertz CT molecular complexity index is 605. The van der Waals surface area contributed by atoms with E-state index in [0.29, 0.717) is 0 Å². The Labute approximate surface area is 123 Å². The SMILES string of the molecule is O=C(O)CCCS/C=C/Cc1ccc2ccccc2c1. The topological polar surface area (TPSA) is 37.3 Å². The quantitative estimate of drug-likeness (QED) is 0.762. The lowest BCUT2D eigenvalue weighted by atomic mass is 10.1. The minimum Gasteiger partial charge on any atom is -0.481 e. The minimum atomic E-state index is -0.717. The van der Waals surface area contributed by atoms with Gasteiger partial charge in [0, 0.05) is 6.42 Å². The van der Waals surface area contributed by atoms with E-state index in [1.807, 2.05) is 0 Å². The lowest BCUT2D eigenvalue weighted by Gasteiger charge is -2.01. The number of fused-ring (bicyclic) bond motifs is 1. The summed E-state index contributed by atoms with van der Waals surface area (Å²) in [4.78, 5) is 10.4. The molecule has 2 rings (SSSR count). The number of thioether (sulfide) groups is 1. The zero-order valence-electron chi connectivity index (χ0n) is 11.3. The van der Waals surface area contributed by atoms with Crippen LogP contribution in [0.4, 0.5) is 0 Å². The fourth-order valence-electron chi connectivity index (χ4n) is 1.99. The Kier molecular flexibility index (Phi) is 5.69. The van der Waals surface area contributed by atoms with Gasteiger partial charge in [-0.15, -0.1) is 11.8 Å². The number of carboxylic acids is 1. The van der Waals surface area contributed by atoms with Crippen LogP contribution in [0.15, 0.2) is 53.9 Å². The molecule has 0 spiro atoms. The highest BCUT2D eigenvalue weighted by Gasteiger charge is 1.96. The second-order valence-corrected chi connectivity index (χ2v) is 5.64. The molecule has 0 aliphatic rings. The maximum atomic E-state index is 10.4. The number of hydrogen-bond acceptors (Lipinski definition) is 2. The third kappa shape index (κ3) is 4.74. The second-order valence-electron chi connectivity index (χ2n) is 4.63. The van der Waals surface area contributed by atoms with Gasteiger partial charge in [0.1, 0.15) is 0 Å². The molecule has 0 radical (unpaired) electrons. The van der Waals surface area contributed by atoms with Gasteiger partial charge in [0.15, 0.2) is 0 Å². The van der Waals surface area contributed by atoms with Gasteiger partial charge in [-0.2, -0.15) is 0 Å². The first kappa shape index (κ1) is 14.7. The van der Waals surface area contributed by atoms with E-state index in [1.165, 1.54) is 16.3 Å². The number of aliphatic carboxylic acids is 1. The molecule has 20 heavy (non-hydrogen) atoms. The van der Waals surface area contributed by atoms with Crippen molar-refractivity contribution in [2.75, 3.05) is 5.75 Å². The van der Waals surface area contributed by atoms with Gasteiger partial charge in [-0.05, 0) is 40.3 Å². The average molecular weight is 286 g/mol. The molecule has 0 amide bonds. The molecule has 2 nitrogen and oxygen atoms in total. The summed E-state index contributed by atoms with van der Waals surface area (Å²) in [5.74, 6) is 0.145. The van der Waals surface area contributed by atoms with Crippen molar-refractivity contribution < 1.29 is 9.90 Å². The molecule has 104 valence electrons. The fourth-order valence-corrected chi connectivity index (χ4v) is 2.67.